The van der Waals surface area contributed by atoms with Gasteiger partial charge in [0.15, 0.2) is 0 Å². The van der Waals surface area contributed by atoms with Crippen LogP contribution in [0.3, 0.4) is 0 Å². The van der Waals surface area contributed by atoms with E-state index in [2.05, 4.69) is 76.2 Å². The van der Waals surface area contributed by atoms with E-state index in [-0.39, 0.29) is 33.6 Å². The van der Waals surface area contributed by atoms with Crippen LogP contribution in [-0.2, 0) is 26.2 Å². The Labute approximate surface area is 200 Å². The molecular weight excluding hydrogens is 428 g/mol. The van der Waals surface area contributed by atoms with Gasteiger partial charge in [-0.05, 0) is 0 Å². The summed E-state index contributed by atoms with van der Waals surface area (Å²) in [4.78, 5) is 0. The van der Waals surface area contributed by atoms with Gasteiger partial charge in [0.25, 0.3) is 0 Å². The van der Waals surface area contributed by atoms with Crippen molar-refractivity contribution in [2.24, 2.45) is 0 Å². The van der Waals surface area contributed by atoms with E-state index in [1.165, 1.54) is 55.6 Å². The molecule has 0 fully saturated rings. The molecule has 156 valence electrons. The summed E-state index contributed by atoms with van der Waals surface area (Å²) in [7, 11) is 0. The van der Waals surface area contributed by atoms with Gasteiger partial charge in [0.2, 0.25) is 0 Å². The maximum absolute atomic E-state index is 3.72. The Morgan fingerprint density at radius 2 is 0.793 bits per heavy atom. The molecule has 3 aromatic carbocycles. The maximum Gasteiger partial charge on any atom is 4.00 e. The summed E-state index contributed by atoms with van der Waals surface area (Å²) in [6, 6.07) is 9.87. The largest absolute Gasteiger partial charge is 4.00 e. The minimum Gasteiger partial charge on any atom is -0.358 e. The minimum absolute atomic E-state index is 0. The molecule has 0 spiro atoms. The molecule has 0 amide bonds. The second-order valence-electron chi connectivity index (χ2n) is 7.74. The van der Waals surface area contributed by atoms with Crippen molar-refractivity contribution in [1.82, 2.24) is 0 Å². The summed E-state index contributed by atoms with van der Waals surface area (Å²) in [5.41, 5.74) is 15.7. The quantitative estimate of drug-likeness (QED) is 0.292. The van der Waals surface area contributed by atoms with Gasteiger partial charge in [0, 0.05) is 0 Å². The Balaban J connectivity index is 0. The zero-order chi connectivity index (χ0) is 20.9. The number of hydrogen-bond acceptors (Lipinski definition) is 0. The van der Waals surface area contributed by atoms with E-state index in [0.29, 0.717) is 0 Å². The standard InChI is InChI=1S/2C10H15.C7H7.CH3.Zr/c2*1-6-7(2)9(4)10(5)8(6)3;1-7-5-3-2-4-6-7;;/h2*1-5H3;2-6H,1H2;1H3;/q4*-1;+4. The molecule has 0 aromatic heterocycles. The molecule has 0 saturated carbocycles. The molecule has 1 heteroatoms. The van der Waals surface area contributed by atoms with Crippen LogP contribution in [0.4, 0.5) is 0 Å². The summed E-state index contributed by atoms with van der Waals surface area (Å²) in [5.74, 6) is 0. The molecule has 0 heterocycles. The number of hydrogen-bond donors (Lipinski definition) is 0. The summed E-state index contributed by atoms with van der Waals surface area (Å²) >= 11 is 0. The van der Waals surface area contributed by atoms with Crippen molar-refractivity contribution in [1.29, 1.82) is 0 Å². The second-order valence-corrected chi connectivity index (χ2v) is 7.74. The third-order valence-electron chi connectivity index (χ3n) is 6.47. The van der Waals surface area contributed by atoms with E-state index in [0.717, 1.165) is 5.56 Å². The zero-order valence-electron chi connectivity index (χ0n) is 20.6. The van der Waals surface area contributed by atoms with Crippen LogP contribution >= 0.6 is 0 Å². The molecule has 0 aliphatic heterocycles. The van der Waals surface area contributed by atoms with E-state index in [1.807, 2.05) is 30.3 Å². The van der Waals surface area contributed by atoms with Crippen molar-refractivity contribution in [3.8, 4) is 0 Å². The van der Waals surface area contributed by atoms with E-state index in [1.54, 1.807) is 0 Å². The van der Waals surface area contributed by atoms with E-state index >= 15 is 0 Å². The molecule has 29 heavy (non-hydrogen) atoms. The molecule has 0 unspecified atom stereocenters. The minimum atomic E-state index is 0. The van der Waals surface area contributed by atoms with Crippen molar-refractivity contribution >= 4 is 0 Å². The fraction of sp³-hybridized carbons (Fsp3) is 0.357. The van der Waals surface area contributed by atoms with Crippen LogP contribution in [0.15, 0.2) is 30.3 Å². The van der Waals surface area contributed by atoms with Gasteiger partial charge in [-0.2, -0.15) is 80.3 Å². The van der Waals surface area contributed by atoms with Crippen molar-refractivity contribution in [3.63, 3.8) is 0 Å². The van der Waals surface area contributed by atoms with Gasteiger partial charge in [-0.25, -0.2) is 0 Å². The van der Waals surface area contributed by atoms with E-state index in [4.69, 9.17) is 0 Å². The number of benzene rings is 1. The fourth-order valence-electron chi connectivity index (χ4n) is 3.29. The second kappa shape index (κ2) is 13.1. The van der Waals surface area contributed by atoms with Gasteiger partial charge in [0.05, 0.1) is 0 Å². The Morgan fingerprint density at radius 3 is 0.897 bits per heavy atom. The van der Waals surface area contributed by atoms with Crippen LogP contribution in [0, 0.1) is 83.6 Å². The Morgan fingerprint density at radius 1 is 0.552 bits per heavy atom. The average Bonchev–Trinajstić information content (AvgIpc) is 2.94. The molecule has 0 N–H and O–H groups in total. The van der Waals surface area contributed by atoms with E-state index in [9.17, 15) is 0 Å². The van der Waals surface area contributed by atoms with Gasteiger partial charge in [-0.15, -0.1) is 12.1 Å². The summed E-state index contributed by atoms with van der Waals surface area (Å²) in [6.45, 7) is 25.7. The van der Waals surface area contributed by atoms with Gasteiger partial charge < -0.3 is 7.43 Å². The Kier molecular flexibility index (Phi) is 13.5. The normalized spacial score (nSPS) is 9.31. The van der Waals surface area contributed by atoms with Gasteiger partial charge in [-0.1, -0.05) is 75.3 Å². The first-order valence-corrected chi connectivity index (χ1v) is 9.76. The van der Waals surface area contributed by atoms with E-state index < -0.39 is 0 Å². The van der Waals surface area contributed by atoms with Gasteiger partial charge in [0.1, 0.15) is 0 Å². The Hall–Kier alpha value is -1.33. The molecule has 0 atom stereocenters. The molecule has 0 radical (unpaired) electrons. The van der Waals surface area contributed by atoms with Gasteiger partial charge >= 0.3 is 26.2 Å². The SMILES string of the molecule is Cc1c(C)c(C)[c-](C)c1C.Cc1c(C)c(C)[c-](C)c1C.[CH2-]c1ccccc1.[CH3-].[Zr+4]. The topological polar surface area (TPSA) is 0 Å². The third-order valence-corrected chi connectivity index (χ3v) is 6.47. The van der Waals surface area contributed by atoms with Crippen LogP contribution in [0.1, 0.15) is 61.2 Å². The molecular formula is C28H40Zr. The summed E-state index contributed by atoms with van der Waals surface area (Å²) < 4.78 is 0. The van der Waals surface area contributed by atoms with Crippen LogP contribution in [0.2, 0.25) is 0 Å². The van der Waals surface area contributed by atoms with Crippen molar-refractivity contribution < 1.29 is 26.2 Å². The smallest absolute Gasteiger partial charge is 0.358 e. The number of rotatable bonds is 0. The maximum atomic E-state index is 3.72. The molecule has 0 aliphatic rings. The molecule has 0 saturated heterocycles. The van der Waals surface area contributed by atoms with Crippen molar-refractivity contribution in [2.45, 2.75) is 69.2 Å². The fourth-order valence-corrected chi connectivity index (χ4v) is 3.29. The molecule has 0 nitrogen and oxygen atoms in total. The molecule has 3 aromatic rings. The zero-order valence-corrected chi connectivity index (χ0v) is 23.1. The molecule has 0 aliphatic carbocycles. The third kappa shape index (κ3) is 7.45. The first-order valence-electron chi connectivity index (χ1n) is 9.76. The predicted octanol–water partition coefficient (Wildman–Crippen LogP) is 8.21. The predicted molar refractivity (Wildman–Crippen MR) is 129 cm³/mol. The molecule has 3 rings (SSSR count). The van der Waals surface area contributed by atoms with Crippen LogP contribution in [-0.4, -0.2) is 0 Å². The molecule has 0 bridgehead atoms. The summed E-state index contributed by atoms with van der Waals surface area (Å²) in [5, 5.41) is 0. The summed E-state index contributed by atoms with van der Waals surface area (Å²) in [6.07, 6.45) is 0. The van der Waals surface area contributed by atoms with Crippen LogP contribution in [0.5, 0.6) is 0 Å². The van der Waals surface area contributed by atoms with Crippen molar-refractivity contribution in [2.75, 3.05) is 0 Å². The van der Waals surface area contributed by atoms with Gasteiger partial charge in [-0.3, -0.25) is 0 Å². The Bertz CT molecular complexity index is 657. The first-order chi connectivity index (χ1) is 12.5. The monoisotopic (exact) mass is 466 g/mol. The van der Waals surface area contributed by atoms with Crippen molar-refractivity contribution in [3.05, 3.63) is 106 Å². The average molecular weight is 468 g/mol. The van der Waals surface area contributed by atoms with Crippen LogP contribution < -0.4 is 0 Å². The first kappa shape index (κ1) is 29.9. The van der Waals surface area contributed by atoms with Crippen LogP contribution in [0.25, 0.3) is 0 Å².